The Morgan fingerprint density at radius 1 is 1.17 bits per heavy atom. The van der Waals surface area contributed by atoms with Crippen LogP contribution in [0.1, 0.15) is 44.2 Å². The molecule has 0 unspecified atom stereocenters. The molecule has 3 aliphatic rings. The van der Waals surface area contributed by atoms with Crippen molar-refractivity contribution in [3.05, 3.63) is 94.8 Å². The Kier molecular flexibility index (Phi) is 5.84. The standard InChI is InChI=1S/C26H29N3O/c1-18-10-12-21(13-11-18)16-19(2)27-26-25(23-14-15-23)28-24(17-29(26)20(3)30)22-8-6-4-5-7-9-22/h4-6,8-13,17,23,28H,7,14-16H2,1-3H3/b27-19+. The molecule has 1 N–H and O–H groups in total. The number of carbonyl (C=O) groups is 1. The SMILES string of the molecule is CC(=O)N1C=C(C2=CCC=CC=C2)NC(C2CC2)=C1/N=C(\C)Cc1ccc(C)cc1. The molecule has 0 spiro atoms. The van der Waals surface area contributed by atoms with Crippen LogP contribution >= 0.6 is 0 Å². The zero-order chi connectivity index (χ0) is 21.1. The molecule has 1 aliphatic heterocycles. The second kappa shape index (κ2) is 8.70. The van der Waals surface area contributed by atoms with Crippen LogP contribution in [0.5, 0.6) is 0 Å². The van der Waals surface area contributed by atoms with Gasteiger partial charge in [0.05, 0.1) is 11.4 Å². The average Bonchev–Trinajstić information content (AvgIpc) is 3.57. The monoisotopic (exact) mass is 399 g/mol. The second-order valence-electron chi connectivity index (χ2n) is 8.26. The van der Waals surface area contributed by atoms with Gasteiger partial charge >= 0.3 is 0 Å². The molecular formula is C26H29N3O. The van der Waals surface area contributed by atoms with Gasteiger partial charge in [-0.05, 0) is 44.2 Å². The fourth-order valence-electron chi connectivity index (χ4n) is 3.71. The largest absolute Gasteiger partial charge is 0.354 e. The molecule has 0 atom stereocenters. The van der Waals surface area contributed by atoms with Crippen molar-refractivity contribution in [2.45, 2.75) is 46.5 Å². The highest BCUT2D eigenvalue weighted by molar-refractivity contribution is 5.86. The molecule has 30 heavy (non-hydrogen) atoms. The van der Waals surface area contributed by atoms with E-state index in [9.17, 15) is 4.79 Å². The van der Waals surface area contributed by atoms with Gasteiger partial charge in [0, 0.05) is 31.2 Å². The van der Waals surface area contributed by atoms with Gasteiger partial charge in [-0.2, -0.15) is 0 Å². The van der Waals surface area contributed by atoms with Gasteiger partial charge in [-0.3, -0.25) is 9.69 Å². The van der Waals surface area contributed by atoms with Crippen molar-refractivity contribution >= 4 is 11.6 Å². The Labute approximate surface area is 179 Å². The fraction of sp³-hybridized carbons (Fsp3) is 0.308. The molecule has 0 saturated heterocycles. The number of hydrogen-bond acceptors (Lipinski definition) is 3. The normalized spacial score (nSPS) is 19.3. The van der Waals surface area contributed by atoms with E-state index >= 15 is 0 Å². The third kappa shape index (κ3) is 4.70. The summed E-state index contributed by atoms with van der Waals surface area (Å²) in [5.41, 5.74) is 6.60. The molecule has 4 heteroatoms. The number of carbonyl (C=O) groups excluding carboxylic acids is 1. The van der Waals surface area contributed by atoms with Crippen LogP contribution in [0.15, 0.2) is 88.6 Å². The van der Waals surface area contributed by atoms with Crippen molar-refractivity contribution in [1.29, 1.82) is 0 Å². The third-order valence-electron chi connectivity index (χ3n) is 5.51. The summed E-state index contributed by atoms with van der Waals surface area (Å²) in [7, 11) is 0. The first-order chi connectivity index (χ1) is 14.5. The first kappa shape index (κ1) is 20.1. The molecule has 1 aromatic carbocycles. The highest BCUT2D eigenvalue weighted by Crippen LogP contribution is 2.40. The third-order valence-corrected chi connectivity index (χ3v) is 5.51. The summed E-state index contributed by atoms with van der Waals surface area (Å²) >= 11 is 0. The number of allylic oxidation sites excluding steroid dienone is 6. The summed E-state index contributed by atoms with van der Waals surface area (Å²) in [6.07, 6.45) is 16.3. The zero-order valence-corrected chi connectivity index (χ0v) is 18.0. The Balaban J connectivity index is 1.66. The first-order valence-electron chi connectivity index (χ1n) is 10.7. The highest BCUT2D eigenvalue weighted by atomic mass is 16.2. The molecule has 1 fully saturated rings. The van der Waals surface area contributed by atoms with E-state index in [-0.39, 0.29) is 5.91 Å². The minimum absolute atomic E-state index is 0.0228. The highest BCUT2D eigenvalue weighted by Gasteiger charge is 2.34. The van der Waals surface area contributed by atoms with E-state index in [0.29, 0.717) is 5.92 Å². The number of benzene rings is 1. The van der Waals surface area contributed by atoms with E-state index in [0.717, 1.165) is 54.2 Å². The Bertz CT molecular complexity index is 1010. The molecule has 4 rings (SSSR count). The molecule has 0 radical (unpaired) electrons. The Hall–Kier alpha value is -3.14. The van der Waals surface area contributed by atoms with Crippen molar-refractivity contribution < 1.29 is 4.79 Å². The van der Waals surface area contributed by atoms with Crippen molar-refractivity contribution in [3.63, 3.8) is 0 Å². The topological polar surface area (TPSA) is 44.7 Å². The number of hydrogen-bond donors (Lipinski definition) is 1. The summed E-state index contributed by atoms with van der Waals surface area (Å²) in [5, 5.41) is 3.62. The number of rotatable bonds is 5. The lowest BCUT2D eigenvalue weighted by molar-refractivity contribution is -0.125. The van der Waals surface area contributed by atoms with Gasteiger partial charge < -0.3 is 5.32 Å². The van der Waals surface area contributed by atoms with Crippen molar-refractivity contribution in [2.75, 3.05) is 0 Å². The van der Waals surface area contributed by atoms with Gasteiger partial charge in [0.25, 0.3) is 0 Å². The Morgan fingerprint density at radius 2 is 1.93 bits per heavy atom. The molecule has 2 aliphatic carbocycles. The molecular weight excluding hydrogens is 370 g/mol. The van der Waals surface area contributed by atoms with Crippen molar-refractivity contribution in [3.8, 4) is 0 Å². The lowest BCUT2D eigenvalue weighted by atomic mass is 10.1. The number of nitrogens with zero attached hydrogens (tertiary/aromatic N) is 2. The smallest absolute Gasteiger partial charge is 0.229 e. The van der Waals surface area contributed by atoms with Crippen molar-refractivity contribution in [1.82, 2.24) is 10.2 Å². The summed E-state index contributed by atoms with van der Waals surface area (Å²) in [5.74, 6) is 1.16. The number of aryl methyl sites for hydroxylation is 1. The van der Waals surface area contributed by atoms with Crippen LogP contribution in [0.3, 0.4) is 0 Å². The van der Waals surface area contributed by atoms with Gasteiger partial charge in [-0.15, -0.1) is 0 Å². The first-order valence-corrected chi connectivity index (χ1v) is 10.7. The zero-order valence-electron chi connectivity index (χ0n) is 18.0. The minimum atomic E-state index is -0.0228. The van der Waals surface area contributed by atoms with E-state index in [1.807, 2.05) is 19.2 Å². The van der Waals surface area contributed by atoms with Gasteiger partial charge in [-0.25, -0.2) is 4.99 Å². The lowest BCUT2D eigenvalue weighted by Crippen LogP contribution is -2.34. The van der Waals surface area contributed by atoms with Crippen LogP contribution < -0.4 is 5.32 Å². The second-order valence-corrected chi connectivity index (χ2v) is 8.26. The molecule has 4 nitrogen and oxygen atoms in total. The van der Waals surface area contributed by atoms with E-state index in [4.69, 9.17) is 4.99 Å². The number of aliphatic imine (C=N–C) groups is 1. The van der Waals surface area contributed by atoms with Gasteiger partial charge in [0.1, 0.15) is 0 Å². The summed E-state index contributed by atoms with van der Waals surface area (Å²) in [6.45, 7) is 5.74. The van der Waals surface area contributed by atoms with E-state index in [1.165, 1.54) is 11.1 Å². The van der Waals surface area contributed by atoms with Crippen LogP contribution in [-0.2, 0) is 11.2 Å². The number of nitrogens with one attached hydrogen (secondary N) is 1. The van der Waals surface area contributed by atoms with Crippen LogP contribution in [0, 0.1) is 12.8 Å². The predicted octanol–water partition coefficient (Wildman–Crippen LogP) is 5.31. The molecule has 1 saturated carbocycles. The summed E-state index contributed by atoms with van der Waals surface area (Å²) in [4.78, 5) is 19.2. The van der Waals surface area contributed by atoms with Crippen LogP contribution in [-0.4, -0.2) is 16.5 Å². The lowest BCUT2D eigenvalue weighted by Gasteiger charge is -2.29. The van der Waals surface area contributed by atoms with Gasteiger partial charge in [0.15, 0.2) is 5.82 Å². The molecule has 0 aromatic heterocycles. The molecule has 154 valence electrons. The molecule has 1 aromatic rings. The van der Waals surface area contributed by atoms with E-state index in [2.05, 4.69) is 60.8 Å². The fourth-order valence-corrected chi connectivity index (χ4v) is 3.71. The van der Waals surface area contributed by atoms with Crippen molar-refractivity contribution in [2.24, 2.45) is 10.9 Å². The molecule has 1 heterocycles. The van der Waals surface area contributed by atoms with E-state index < -0.39 is 0 Å². The van der Waals surface area contributed by atoms with Crippen LogP contribution in [0.25, 0.3) is 0 Å². The Morgan fingerprint density at radius 3 is 2.63 bits per heavy atom. The average molecular weight is 400 g/mol. The van der Waals surface area contributed by atoms with Gasteiger partial charge in [0.2, 0.25) is 5.91 Å². The molecule has 1 amide bonds. The molecule has 0 bridgehead atoms. The summed E-state index contributed by atoms with van der Waals surface area (Å²) < 4.78 is 0. The summed E-state index contributed by atoms with van der Waals surface area (Å²) in [6, 6.07) is 8.53. The minimum Gasteiger partial charge on any atom is -0.354 e. The maximum Gasteiger partial charge on any atom is 0.229 e. The van der Waals surface area contributed by atoms with Crippen LogP contribution in [0.2, 0.25) is 0 Å². The maximum absolute atomic E-state index is 12.6. The number of amides is 1. The quantitative estimate of drug-likeness (QED) is 0.682. The maximum atomic E-state index is 12.6. The van der Waals surface area contributed by atoms with E-state index in [1.54, 1.807) is 11.8 Å². The van der Waals surface area contributed by atoms with Crippen LogP contribution in [0.4, 0.5) is 0 Å². The van der Waals surface area contributed by atoms with Gasteiger partial charge in [-0.1, -0.05) is 60.2 Å². The predicted molar refractivity (Wildman–Crippen MR) is 122 cm³/mol.